The first-order valence-electron chi connectivity index (χ1n) is 9.97. The van der Waals surface area contributed by atoms with Crippen LogP contribution in [0.25, 0.3) is 5.57 Å². The molecule has 2 heterocycles. The summed E-state index contributed by atoms with van der Waals surface area (Å²) in [5.74, 6) is 0.389. The van der Waals surface area contributed by atoms with Crippen LogP contribution in [0.15, 0.2) is 18.3 Å². The van der Waals surface area contributed by atoms with E-state index < -0.39 is 0 Å². The molecule has 0 unspecified atom stereocenters. The quantitative estimate of drug-likeness (QED) is 0.829. The van der Waals surface area contributed by atoms with Crippen molar-refractivity contribution >= 4 is 11.5 Å². The Morgan fingerprint density at radius 3 is 2.93 bits per heavy atom. The zero-order valence-corrected chi connectivity index (χ0v) is 16.6. The molecule has 0 bridgehead atoms. The van der Waals surface area contributed by atoms with E-state index in [9.17, 15) is 9.90 Å². The molecule has 3 atom stereocenters. The Kier molecular flexibility index (Phi) is 6.50. The van der Waals surface area contributed by atoms with E-state index in [4.69, 9.17) is 4.74 Å². The van der Waals surface area contributed by atoms with Gasteiger partial charge in [0.1, 0.15) is 11.7 Å². The van der Waals surface area contributed by atoms with Crippen molar-refractivity contribution in [1.82, 2.24) is 15.2 Å². The number of aliphatic hydroxyl groups excluding tert-OH is 1. The molecule has 2 aliphatic rings. The van der Waals surface area contributed by atoms with Crippen molar-refractivity contribution in [2.75, 3.05) is 26.7 Å². The first kappa shape index (κ1) is 19.8. The first-order chi connectivity index (χ1) is 13.0. The van der Waals surface area contributed by atoms with E-state index in [1.54, 1.807) is 4.90 Å². The summed E-state index contributed by atoms with van der Waals surface area (Å²) in [6.45, 7) is 5.09. The van der Waals surface area contributed by atoms with Gasteiger partial charge in [0.15, 0.2) is 0 Å². The third kappa shape index (κ3) is 4.33. The van der Waals surface area contributed by atoms with Gasteiger partial charge in [0, 0.05) is 25.2 Å². The zero-order chi connectivity index (χ0) is 19.4. The molecule has 1 aliphatic heterocycles. The fourth-order valence-electron chi connectivity index (χ4n) is 3.82. The summed E-state index contributed by atoms with van der Waals surface area (Å²) < 4.78 is 6.16. The van der Waals surface area contributed by atoms with Crippen LogP contribution in [0.2, 0.25) is 0 Å². The number of nitrogens with zero attached hydrogens (tertiary/aromatic N) is 2. The lowest BCUT2D eigenvalue weighted by Gasteiger charge is -2.36. The van der Waals surface area contributed by atoms with Crippen molar-refractivity contribution in [2.24, 2.45) is 5.92 Å². The normalized spacial score (nSPS) is 24.4. The van der Waals surface area contributed by atoms with E-state index >= 15 is 0 Å². The summed E-state index contributed by atoms with van der Waals surface area (Å²) in [7, 11) is 1.89. The number of rotatable bonds is 5. The fraction of sp³-hybridized carbons (Fsp3) is 0.619. The molecule has 0 radical (unpaired) electrons. The minimum Gasteiger partial charge on any atom is -0.472 e. The third-order valence-electron chi connectivity index (χ3n) is 5.59. The molecule has 0 saturated carbocycles. The second kappa shape index (κ2) is 8.85. The van der Waals surface area contributed by atoms with E-state index in [2.05, 4.69) is 23.3 Å². The lowest BCUT2D eigenvalue weighted by molar-refractivity contribution is 0.0404. The molecule has 1 amide bonds. The monoisotopic (exact) mass is 373 g/mol. The minimum absolute atomic E-state index is 0.0659. The molecule has 0 spiro atoms. The third-order valence-corrected chi connectivity index (χ3v) is 5.59. The molecule has 3 rings (SSSR count). The fourth-order valence-corrected chi connectivity index (χ4v) is 3.82. The highest BCUT2D eigenvalue weighted by atomic mass is 16.5. The lowest BCUT2D eigenvalue weighted by Crippen LogP contribution is -2.49. The van der Waals surface area contributed by atoms with Crippen LogP contribution in [0.4, 0.5) is 0 Å². The van der Waals surface area contributed by atoms with Crippen molar-refractivity contribution in [3.05, 3.63) is 29.5 Å². The molecular weight excluding hydrogens is 342 g/mol. The number of nitrogens with one attached hydrogen (secondary N) is 1. The number of aliphatic hydroxyl groups is 1. The average Bonchev–Trinajstić information content (AvgIpc) is 2.70. The van der Waals surface area contributed by atoms with Gasteiger partial charge in [0.05, 0.1) is 12.6 Å². The van der Waals surface area contributed by atoms with Crippen LogP contribution in [0.3, 0.4) is 0 Å². The van der Waals surface area contributed by atoms with Crippen molar-refractivity contribution in [3.8, 4) is 5.88 Å². The van der Waals surface area contributed by atoms with Crippen molar-refractivity contribution in [3.63, 3.8) is 0 Å². The maximum absolute atomic E-state index is 13.3. The van der Waals surface area contributed by atoms with Gasteiger partial charge in [-0.3, -0.25) is 4.79 Å². The Bertz CT molecular complexity index is 704. The van der Waals surface area contributed by atoms with Crippen molar-refractivity contribution in [2.45, 2.75) is 51.7 Å². The second-order valence-corrected chi connectivity index (χ2v) is 7.73. The van der Waals surface area contributed by atoms with Gasteiger partial charge in [0.2, 0.25) is 5.88 Å². The molecule has 0 fully saturated rings. The highest BCUT2D eigenvalue weighted by Gasteiger charge is 2.33. The summed E-state index contributed by atoms with van der Waals surface area (Å²) in [5, 5.41) is 12.8. The van der Waals surface area contributed by atoms with Crippen LogP contribution in [-0.4, -0.2) is 59.8 Å². The highest BCUT2D eigenvalue weighted by Crippen LogP contribution is 2.31. The molecule has 148 valence electrons. The number of allylic oxidation sites excluding steroid dienone is 2. The molecule has 0 aromatic carbocycles. The SMILES string of the molecule is CNC[C@@H]1Oc2ncc(C3=CCCCC3)cc2C(=O)N([C@@H](C)CO)C[C@@H]1C. The Labute approximate surface area is 161 Å². The molecule has 2 N–H and O–H groups in total. The number of hydrogen-bond acceptors (Lipinski definition) is 5. The molecule has 0 saturated heterocycles. The maximum atomic E-state index is 13.3. The van der Waals surface area contributed by atoms with Crippen molar-refractivity contribution in [1.29, 1.82) is 0 Å². The van der Waals surface area contributed by atoms with Crippen LogP contribution in [0.5, 0.6) is 5.88 Å². The van der Waals surface area contributed by atoms with Crippen LogP contribution in [0.1, 0.15) is 55.5 Å². The number of carbonyl (C=O) groups excluding carboxylic acids is 1. The summed E-state index contributed by atoms with van der Waals surface area (Å²) in [6, 6.07) is 1.67. The zero-order valence-electron chi connectivity index (χ0n) is 16.6. The lowest BCUT2D eigenvalue weighted by atomic mass is 9.93. The largest absolute Gasteiger partial charge is 0.472 e. The van der Waals surface area contributed by atoms with Gasteiger partial charge < -0.3 is 20.1 Å². The summed E-state index contributed by atoms with van der Waals surface area (Å²) in [4.78, 5) is 19.6. The van der Waals surface area contributed by atoms with Gasteiger partial charge in [0.25, 0.3) is 5.91 Å². The standard InChI is InChI=1S/C21H31N3O3/c1-14-12-24(15(2)13-25)21(26)18-9-17(16-7-5-4-6-8-16)10-23-20(18)27-19(14)11-22-3/h7,9-10,14-15,19,22,25H,4-6,8,11-13H2,1-3H3/t14-,15-,19-/m0/s1. The Morgan fingerprint density at radius 2 is 2.26 bits per heavy atom. The number of aromatic nitrogens is 1. The molecule has 1 aromatic heterocycles. The van der Waals surface area contributed by atoms with Gasteiger partial charge in [-0.05, 0) is 56.9 Å². The molecule has 1 aromatic rings. The Morgan fingerprint density at radius 1 is 1.44 bits per heavy atom. The Balaban J connectivity index is 2.02. The Hall–Kier alpha value is -1.92. The molecule has 6 heteroatoms. The second-order valence-electron chi connectivity index (χ2n) is 7.73. The number of fused-ring (bicyclic) bond motifs is 1. The molecule has 1 aliphatic carbocycles. The van der Waals surface area contributed by atoms with E-state index in [-0.39, 0.29) is 30.6 Å². The maximum Gasteiger partial charge on any atom is 0.259 e. The smallest absolute Gasteiger partial charge is 0.259 e. The number of pyridine rings is 1. The van der Waals surface area contributed by atoms with Crippen LogP contribution >= 0.6 is 0 Å². The average molecular weight is 373 g/mol. The predicted octanol–water partition coefficient (Wildman–Crippen LogP) is 2.48. The van der Waals surface area contributed by atoms with Crippen LogP contribution in [-0.2, 0) is 0 Å². The molecule has 27 heavy (non-hydrogen) atoms. The van der Waals surface area contributed by atoms with Gasteiger partial charge in [-0.2, -0.15) is 0 Å². The van der Waals surface area contributed by atoms with E-state index in [1.165, 1.54) is 18.4 Å². The summed E-state index contributed by atoms with van der Waals surface area (Å²) in [5.41, 5.74) is 2.75. The number of carbonyl (C=O) groups is 1. The number of ether oxygens (including phenoxy) is 1. The van der Waals surface area contributed by atoms with Gasteiger partial charge in [-0.1, -0.05) is 13.0 Å². The van der Waals surface area contributed by atoms with E-state index in [0.717, 1.165) is 18.4 Å². The summed E-state index contributed by atoms with van der Waals surface area (Å²) in [6.07, 6.45) is 8.46. The van der Waals surface area contributed by atoms with Crippen molar-refractivity contribution < 1.29 is 14.6 Å². The van der Waals surface area contributed by atoms with Crippen LogP contribution in [0, 0.1) is 5.92 Å². The number of likely N-dealkylation sites (N-methyl/N-ethyl adjacent to an activating group) is 1. The van der Waals surface area contributed by atoms with Crippen LogP contribution < -0.4 is 10.1 Å². The topological polar surface area (TPSA) is 74.7 Å². The molecular formula is C21H31N3O3. The predicted molar refractivity (Wildman–Crippen MR) is 106 cm³/mol. The van der Waals surface area contributed by atoms with Gasteiger partial charge in [-0.25, -0.2) is 4.98 Å². The highest BCUT2D eigenvalue weighted by molar-refractivity contribution is 5.97. The van der Waals surface area contributed by atoms with E-state index in [0.29, 0.717) is 24.5 Å². The van der Waals surface area contributed by atoms with Gasteiger partial charge in [-0.15, -0.1) is 0 Å². The first-order valence-corrected chi connectivity index (χ1v) is 9.97. The summed E-state index contributed by atoms with van der Waals surface area (Å²) >= 11 is 0. The number of amides is 1. The van der Waals surface area contributed by atoms with Gasteiger partial charge >= 0.3 is 0 Å². The minimum atomic E-state index is -0.251. The molecule has 6 nitrogen and oxygen atoms in total. The van der Waals surface area contributed by atoms with E-state index in [1.807, 2.05) is 26.2 Å². The number of hydrogen-bond donors (Lipinski definition) is 2.